The standard InChI is InChI=1S/C9H7N.C6H4N2.COS/c1-2-6-9-8(4-1)5-3-7-10-9;1-3-7-6-2-4-8-5(1)6;2-1-3/h1-7H;1-4H;. The lowest BCUT2D eigenvalue weighted by Crippen LogP contribution is -1.73. The van der Waals surface area contributed by atoms with Crippen molar-refractivity contribution in [3.05, 3.63) is 66.1 Å². The molecule has 0 fully saturated rings. The highest BCUT2D eigenvalue weighted by Gasteiger charge is 2.07. The molecule has 1 aromatic carbocycles. The van der Waals surface area contributed by atoms with Gasteiger partial charge in [-0.05, 0) is 24.3 Å². The number of nitrogens with zero attached hydrogens (tertiary/aromatic N) is 3. The van der Waals surface area contributed by atoms with E-state index in [1.807, 2.05) is 42.6 Å². The Morgan fingerprint density at radius 1 is 0.905 bits per heavy atom. The molecule has 4 nitrogen and oxygen atoms in total. The zero-order chi connectivity index (χ0) is 14.9. The van der Waals surface area contributed by atoms with Crippen molar-refractivity contribution < 1.29 is 4.79 Å². The van der Waals surface area contributed by atoms with E-state index >= 15 is 0 Å². The van der Waals surface area contributed by atoms with Crippen molar-refractivity contribution in [3.63, 3.8) is 0 Å². The van der Waals surface area contributed by atoms with Crippen LogP contribution in [0.15, 0.2) is 76.1 Å². The van der Waals surface area contributed by atoms with E-state index < -0.39 is 0 Å². The van der Waals surface area contributed by atoms with Gasteiger partial charge in [0.1, 0.15) is 0 Å². The van der Waals surface area contributed by atoms with E-state index in [0.29, 0.717) is 0 Å². The van der Waals surface area contributed by atoms with Crippen LogP contribution in [0.3, 0.4) is 0 Å². The molecule has 0 bridgehead atoms. The largest absolute Gasteiger partial charge is 0.256 e. The summed E-state index contributed by atoms with van der Waals surface area (Å²) < 4.78 is 0. The van der Waals surface area contributed by atoms with Gasteiger partial charge in [-0.3, -0.25) is 15.0 Å². The summed E-state index contributed by atoms with van der Waals surface area (Å²) in [6.45, 7) is 0. The highest BCUT2D eigenvalue weighted by atomic mass is 32.1. The number of aromatic nitrogens is 1. The number of fused-ring (bicyclic) bond motifs is 2. The van der Waals surface area contributed by atoms with Gasteiger partial charge >= 0.3 is 0 Å². The fourth-order valence-electron chi connectivity index (χ4n) is 1.78. The Morgan fingerprint density at radius 2 is 1.48 bits per heavy atom. The van der Waals surface area contributed by atoms with Crippen molar-refractivity contribution in [2.45, 2.75) is 0 Å². The molecule has 0 unspecified atom stereocenters. The molecule has 3 heterocycles. The van der Waals surface area contributed by atoms with Gasteiger partial charge in [-0.1, -0.05) is 24.3 Å². The van der Waals surface area contributed by atoms with Gasteiger partial charge in [-0.2, -0.15) is 0 Å². The Morgan fingerprint density at radius 3 is 2.10 bits per heavy atom. The van der Waals surface area contributed by atoms with Gasteiger partial charge < -0.3 is 0 Å². The minimum Gasteiger partial charge on any atom is -0.256 e. The lowest BCUT2D eigenvalue weighted by atomic mass is 10.2. The quantitative estimate of drug-likeness (QED) is 0.699. The van der Waals surface area contributed by atoms with Crippen molar-refractivity contribution in [1.29, 1.82) is 0 Å². The molecule has 0 atom stereocenters. The second-order valence-electron chi connectivity index (χ2n) is 3.94. The number of benzene rings is 1. The molecule has 0 saturated carbocycles. The van der Waals surface area contributed by atoms with Crippen LogP contribution in [0, 0.1) is 0 Å². The summed E-state index contributed by atoms with van der Waals surface area (Å²) in [4.78, 5) is 20.7. The number of rotatable bonds is 0. The van der Waals surface area contributed by atoms with Gasteiger partial charge in [0.05, 0.1) is 16.9 Å². The van der Waals surface area contributed by atoms with E-state index in [1.165, 1.54) is 5.39 Å². The molecule has 2 aliphatic heterocycles. The average Bonchev–Trinajstić information content (AvgIpc) is 3.13. The molecule has 0 saturated heterocycles. The van der Waals surface area contributed by atoms with Crippen molar-refractivity contribution in [3.8, 4) is 0 Å². The van der Waals surface area contributed by atoms with Crippen LogP contribution < -0.4 is 0 Å². The van der Waals surface area contributed by atoms with E-state index in [9.17, 15) is 0 Å². The number of carbonyl (C=O) groups excluding carboxylic acids is 1. The van der Waals surface area contributed by atoms with E-state index in [0.717, 1.165) is 22.1 Å². The number of thiocarbonyl (C=S) groups is 1. The first-order chi connectivity index (χ1) is 10.3. The SMILES string of the molecule is C1=NC2=CC=NC2=C1.O=C=S.c1ccc2ncccc2c1. The molecule has 102 valence electrons. The van der Waals surface area contributed by atoms with Crippen LogP contribution in [-0.2, 0) is 4.79 Å². The van der Waals surface area contributed by atoms with E-state index in [4.69, 9.17) is 4.79 Å². The molecule has 2 aromatic rings. The maximum Gasteiger partial charge on any atom is 0.202 e. The minimum atomic E-state index is 0.991. The predicted octanol–water partition coefficient (Wildman–Crippen LogP) is 3.41. The molecule has 5 heteroatoms. The van der Waals surface area contributed by atoms with Gasteiger partial charge in [0.25, 0.3) is 0 Å². The minimum absolute atomic E-state index is 0.991. The predicted molar refractivity (Wildman–Crippen MR) is 88.2 cm³/mol. The molecular formula is C16H11N3OS. The Hall–Kier alpha value is -2.75. The molecule has 0 N–H and O–H groups in total. The highest BCUT2D eigenvalue weighted by molar-refractivity contribution is 7.78. The second kappa shape index (κ2) is 7.75. The third-order valence-corrected chi connectivity index (χ3v) is 2.67. The first-order valence-corrected chi connectivity index (χ1v) is 6.54. The summed E-state index contributed by atoms with van der Waals surface area (Å²) >= 11 is 3.59. The summed E-state index contributed by atoms with van der Waals surface area (Å²) in [5.74, 6) is 0. The summed E-state index contributed by atoms with van der Waals surface area (Å²) in [5, 5.41) is 2.28. The number of pyridine rings is 1. The Balaban J connectivity index is 0.000000132. The monoisotopic (exact) mass is 293 g/mol. The maximum atomic E-state index is 8.50. The second-order valence-corrected chi connectivity index (χ2v) is 4.11. The summed E-state index contributed by atoms with van der Waals surface area (Å²) in [5.41, 5.74) is 3.04. The average molecular weight is 293 g/mol. The van der Waals surface area contributed by atoms with Gasteiger partial charge in [0.2, 0.25) is 5.23 Å². The van der Waals surface area contributed by atoms with Crippen molar-refractivity contribution >= 4 is 40.8 Å². The molecule has 4 rings (SSSR count). The van der Waals surface area contributed by atoms with Crippen LogP contribution in [-0.4, -0.2) is 22.6 Å². The first kappa shape index (κ1) is 14.7. The van der Waals surface area contributed by atoms with Crippen LogP contribution in [0.2, 0.25) is 0 Å². The number of aliphatic imine (C=N–C) groups is 2. The van der Waals surface area contributed by atoms with Gasteiger partial charge in [-0.15, -0.1) is 0 Å². The first-order valence-electron chi connectivity index (χ1n) is 6.13. The van der Waals surface area contributed by atoms with E-state index in [1.54, 1.807) is 12.4 Å². The van der Waals surface area contributed by atoms with Crippen molar-refractivity contribution in [2.75, 3.05) is 0 Å². The smallest absolute Gasteiger partial charge is 0.202 e. The van der Waals surface area contributed by atoms with Crippen LogP contribution in [0.25, 0.3) is 10.9 Å². The molecule has 0 aliphatic carbocycles. The summed E-state index contributed by atoms with van der Waals surface area (Å²) in [7, 11) is 0. The van der Waals surface area contributed by atoms with Gasteiger partial charge in [0.15, 0.2) is 0 Å². The molecule has 1 aromatic heterocycles. The molecule has 2 aliphatic rings. The van der Waals surface area contributed by atoms with Crippen molar-refractivity contribution in [1.82, 2.24) is 4.98 Å². The molecule has 0 amide bonds. The van der Waals surface area contributed by atoms with E-state index in [-0.39, 0.29) is 0 Å². The Labute approximate surface area is 127 Å². The Bertz CT molecular complexity index is 693. The van der Waals surface area contributed by atoms with Gasteiger partial charge in [-0.25, -0.2) is 4.79 Å². The van der Waals surface area contributed by atoms with Crippen LogP contribution in [0.5, 0.6) is 0 Å². The fourth-order valence-corrected chi connectivity index (χ4v) is 1.78. The number of para-hydroxylation sites is 1. The third-order valence-electron chi connectivity index (χ3n) is 2.67. The lowest BCUT2D eigenvalue weighted by Gasteiger charge is -1.91. The normalized spacial score (nSPS) is 13.1. The zero-order valence-electron chi connectivity index (χ0n) is 11.0. The van der Waals surface area contributed by atoms with Gasteiger partial charge in [0, 0.05) is 36.2 Å². The molecular weight excluding hydrogens is 282 g/mol. The number of hydrogen-bond acceptors (Lipinski definition) is 5. The Kier molecular flexibility index (Phi) is 5.41. The highest BCUT2D eigenvalue weighted by Crippen LogP contribution is 2.19. The van der Waals surface area contributed by atoms with Crippen LogP contribution in [0.1, 0.15) is 0 Å². The molecule has 0 radical (unpaired) electrons. The summed E-state index contributed by atoms with van der Waals surface area (Å²) in [6.07, 6.45) is 9.13. The molecule has 21 heavy (non-hydrogen) atoms. The van der Waals surface area contributed by atoms with Crippen LogP contribution >= 0.6 is 12.2 Å². The van der Waals surface area contributed by atoms with E-state index in [2.05, 4.69) is 39.3 Å². The topological polar surface area (TPSA) is 54.7 Å². The molecule has 0 spiro atoms. The van der Waals surface area contributed by atoms with Crippen LogP contribution in [0.4, 0.5) is 0 Å². The third kappa shape index (κ3) is 4.11. The number of hydrogen-bond donors (Lipinski definition) is 0. The maximum absolute atomic E-state index is 8.50. The lowest BCUT2D eigenvalue weighted by molar-refractivity contribution is 0.572. The zero-order valence-corrected chi connectivity index (χ0v) is 11.8. The summed E-state index contributed by atoms with van der Waals surface area (Å²) in [6, 6.07) is 12.1. The number of allylic oxidation sites excluding steroid dienone is 2. The fraction of sp³-hybridized carbons (Fsp3) is 0. The van der Waals surface area contributed by atoms with Crippen molar-refractivity contribution in [2.24, 2.45) is 9.98 Å².